The minimum absolute atomic E-state index is 0.0705. The molecule has 0 atom stereocenters. The highest BCUT2D eigenvalue weighted by Gasteiger charge is 2.16. The largest absolute Gasteiger partial charge is 0.395 e. The van der Waals surface area contributed by atoms with Gasteiger partial charge in [0.15, 0.2) is 0 Å². The van der Waals surface area contributed by atoms with Crippen molar-refractivity contribution in [2.24, 2.45) is 0 Å². The van der Waals surface area contributed by atoms with Crippen molar-refractivity contribution in [3.63, 3.8) is 0 Å². The van der Waals surface area contributed by atoms with Gasteiger partial charge < -0.3 is 10.4 Å². The van der Waals surface area contributed by atoms with Crippen molar-refractivity contribution in [1.82, 2.24) is 4.90 Å². The van der Waals surface area contributed by atoms with Gasteiger partial charge in [0.1, 0.15) is 5.69 Å². The lowest BCUT2D eigenvalue weighted by molar-refractivity contribution is -0.384. The second-order valence-corrected chi connectivity index (χ2v) is 4.21. The molecule has 1 aromatic carbocycles. The first-order chi connectivity index (χ1) is 9.47. The van der Waals surface area contributed by atoms with Gasteiger partial charge in [0.25, 0.3) is 12.1 Å². The fourth-order valence-corrected chi connectivity index (χ4v) is 1.87. The van der Waals surface area contributed by atoms with Crippen LogP contribution in [0.3, 0.4) is 0 Å². The fourth-order valence-electron chi connectivity index (χ4n) is 1.87. The number of hydrogen-bond donors (Lipinski definition) is 2. The van der Waals surface area contributed by atoms with E-state index in [-0.39, 0.29) is 25.4 Å². The molecule has 0 aliphatic rings. The number of benzene rings is 1. The molecule has 0 bridgehead atoms. The third-order valence-corrected chi connectivity index (χ3v) is 2.75. The Morgan fingerprint density at radius 3 is 2.70 bits per heavy atom. The molecule has 2 N–H and O–H groups in total. The summed E-state index contributed by atoms with van der Waals surface area (Å²) in [5, 5.41) is 22.3. The van der Waals surface area contributed by atoms with E-state index in [4.69, 9.17) is 5.11 Å². The van der Waals surface area contributed by atoms with Crippen LogP contribution in [0.1, 0.15) is 5.56 Å². The van der Waals surface area contributed by atoms with E-state index in [1.54, 1.807) is 13.1 Å². The molecule has 0 fully saturated rings. The van der Waals surface area contributed by atoms with Crippen LogP contribution in [0, 0.1) is 10.1 Å². The van der Waals surface area contributed by atoms with Gasteiger partial charge >= 0.3 is 0 Å². The lowest BCUT2D eigenvalue weighted by Crippen LogP contribution is -2.31. The highest BCUT2D eigenvalue weighted by Crippen LogP contribution is 2.25. The predicted molar refractivity (Wildman–Crippen MR) is 71.0 cm³/mol. The molecule has 0 saturated carbocycles. The molecule has 0 aliphatic carbocycles. The van der Waals surface area contributed by atoms with Crippen molar-refractivity contribution >= 4 is 11.4 Å². The molecular formula is C12H17F2N3O3. The average molecular weight is 289 g/mol. The molecule has 1 rings (SSSR count). The van der Waals surface area contributed by atoms with Crippen molar-refractivity contribution in [3.8, 4) is 0 Å². The zero-order chi connectivity index (χ0) is 15.1. The summed E-state index contributed by atoms with van der Waals surface area (Å²) in [5.41, 5.74) is 0.918. The number of nitro benzene ring substituents is 1. The van der Waals surface area contributed by atoms with Crippen LogP contribution in [0.25, 0.3) is 0 Å². The summed E-state index contributed by atoms with van der Waals surface area (Å²) in [6.45, 7) is -0.362. The van der Waals surface area contributed by atoms with E-state index < -0.39 is 17.9 Å². The molecule has 0 unspecified atom stereocenters. The van der Waals surface area contributed by atoms with Gasteiger partial charge in [-0.3, -0.25) is 15.0 Å². The Morgan fingerprint density at radius 1 is 1.50 bits per heavy atom. The van der Waals surface area contributed by atoms with Gasteiger partial charge in [-0.15, -0.1) is 0 Å². The van der Waals surface area contributed by atoms with Crippen LogP contribution in [0.15, 0.2) is 18.2 Å². The topological polar surface area (TPSA) is 78.6 Å². The fraction of sp³-hybridized carbons (Fsp3) is 0.500. The van der Waals surface area contributed by atoms with Crippen LogP contribution in [0.2, 0.25) is 0 Å². The molecule has 0 aromatic heterocycles. The number of halogens is 2. The van der Waals surface area contributed by atoms with E-state index in [0.717, 1.165) is 0 Å². The summed E-state index contributed by atoms with van der Waals surface area (Å²) in [5.74, 6) is 0. The first-order valence-electron chi connectivity index (χ1n) is 6.04. The Hall–Kier alpha value is -1.80. The van der Waals surface area contributed by atoms with E-state index >= 15 is 0 Å². The molecule has 0 spiro atoms. The number of rotatable bonds is 8. The molecule has 1 aromatic rings. The van der Waals surface area contributed by atoms with Gasteiger partial charge in [0, 0.05) is 26.2 Å². The first kappa shape index (κ1) is 16.3. The average Bonchev–Trinajstić information content (AvgIpc) is 2.37. The van der Waals surface area contributed by atoms with E-state index in [1.165, 1.54) is 17.0 Å². The van der Waals surface area contributed by atoms with Crippen molar-refractivity contribution in [2.75, 3.05) is 32.1 Å². The first-order valence-corrected chi connectivity index (χ1v) is 6.04. The Morgan fingerprint density at radius 2 is 2.20 bits per heavy atom. The van der Waals surface area contributed by atoms with Crippen LogP contribution >= 0.6 is 0 Å². The molecule has 0 saturated heterocycles. The molecule has 0 aliphatic heterocycles. The summed E-state index contributed by atoms with van der Waals surface area (Å²) in [4.78, 5) is 11.7. The second-order valence-electron chi connectivity index (χ2n) is 4.21. The monoisotopic (exact) mass is 289 g/mol. The van der Waals surface area contributed by atoms with E-state index in [9.17, 15) is 18.9 Å². The number of aliphatic hydroxyl groups is 1. The zero-order valence-electron chi connectivity index (χ0n) is 11.1. The molecule has 0 amide bonds. The highest BCUT2D eigenvalue weighted by molar-refractivity contribution is 5.62. The number of nitrogens with one attached hydrogen (secondary N) is 1. The van der Waals surface area contributed by atoms with Gasteiger partial charge in [0.05, 0.1) is 18.1 Å². The Labute approximate surface area is 115 Å². The lowest BCUT2D eigenvalue weighted by atomic mass is 10.1. The summed E-state index contributed by atoms with van der Waals surface area (Å²) < 4.78 is 24.8. The van der Waals surface area contributed by atoms with E-state index in [0.29, 0.717) is 11.3 Å². The van der Waals surface area contributed by atoms with Crippen LogP contribution in [-0.2, 0) is 6.54 Å². The normalized spacial score (nSPS) is 11.1. The number of anilines is 1. The summed E-state index contributed by atoms with van der Waals surface area (Å²) in [7, 11) is 1.55. The minimum Gasteiger partial charge on any atom is -0.395 e. The highest BCUT2D eigenvalue weighted by atomic mass is 19.3. The van der Waals surface area contributed by atoms with Crippen LogP contribution in [0.5, 0.6) is 0 Å². The molecule has 0 radical (unpaired) electrons. The van der Waals surface area contributed by atoms with Crippen LogP contribution in [0.4, 0.5) is 20.2 Å². The van der Waals surface area contributed by atoms with Crippen molar-refractivity contribution in [3.05, 3.63) is 33.9 Å². The quantitative estimate of drug-likeness (QED) is 0.562. The van der Waals surface area contributed by atoms with Crippen molar-refractivity contribution in [2.45, 2.75) is 13.0 Å². The Kier molecular flexibility index (Phi) is 6.26. The van der Waals surface area contributed by atoms with E-state index in [1.807, 2.05) is 0 Å². The third-order valence-electron chi connectivity index (χ3n) is 2.75. The van der Waals surface area contributed by atoms with Gasteiger partial charge in [0.2, 0.25) is 0 Å². The number of alkyl halides is 2. The molecule has 0 heterocycles. The maximum absolute atomic E-state index is 12.4. The standard InChI is InChI=1S/C12H17F2N3O3/c1-15-10-6-9(2-3-11(10)17(19)20)7-16(4-5-18)8-12(13)14/h2-3,6,12,15,18H,4-5,7-8H2,1H3. The van der Waals surface area contributed by atoms with Crippen LogP contribution < -0.4 is 5.32 Å². The predicted octanol–water partition coefficient (Wildman–Crippen LogP) is 1.70. The number of nitrogens with zero attached hydrogens (tertiary/aromatic N) is 2. The maximum atomic E-state index is 12.4. The van der Waals surface area contributed by atoms with Gasteiger partial charge in [-0.1, -0.05) is 6.07 Å². The summed E-state index contributed by atoms with van der Waals surface area (Å²) >= 11 is 0. The molecule has 8 heteroatoms. The summed E-state index contributed by atoms with van der Waals surface area (Å²) in [6.07, 6.45) is -2.50. The Balaban J connectivity index is 2.87. The van der Waals surface area contributed by atoms with Gasteiger partial charge in [-0.05, 0) is 11.6 Å². The SMILES string of the molecule is CNc1cc(CN(CCO)CC(F)F)ccc1[N+](=O)[O-]. The molecule has 6 nitrogen and oxygen atoms in total. The minimum atomic E-state index is -2.50. The number of nitro groups is 1. The smallest absolute Gasteiger partial charge is 0.292 e. The molecular weight excluding hydrogens is 272 g/mol. The number of aliphatic hydroxyl groups excluding tert-OH is 1. The zero-order valence-corrected chi connectivity index (χ0v) is 11.1. The van der Waals surface area contributed by atoms with Gasteiger partial charge in [-0.2, -0.15) is 0 Å². The lowest BCUT2D eigenvalue weighted by Gasteiger charge is -2.21. The van der Waals surface area contributed by atoms with Crippen LogP contribution in [-0.4, -0.2) is 48.1 Å². The third kappa shape index (κ3) is 4.71. The molecule has 112 valence electrons. The Bertz CT molecular complexity index is 458. The maximum Gasteiger partial charge on any atom is 0.292 e. The molecule has 20 heavy (non-hydrogen) atoms. The number of hydrogen-bond acceptors (Lipinski definition) is 5. The van der Waals surface area contributed by atoms with E-state index in [2.05, 4.69) is 5.32 Å². The van der Waals surface area contributed by atoms with Crippen molar-refractivity contribution < 1.29 is 18.8 Å². The van der Waals surface area contributed by atoms with Gasteiger partial charge in [-0.25, -0.2) is 8.78 Å². The van der Waals surface area contributed by atoms with Crippen molar-refractivity contribution in [1.29, 1.82) is 0 Å². The summed E-state index contributed by atoms with van der Waals surface area (Å²) in [6, 6.07) is 4.41. The second kappa shape index (κ2) is 7.71.